The summed E-state index contributed by atoms with van der Waals surface area (Å²) in [6.07, 6.45) is 0.892. The maximum Gasteiger partial charge on any atom is 0.203 e. The molecule has 0 atom stereocenters. The van der Waals surface area contributed by atoms with Gasteiger partial charge in [-0.3, -0.25) is 0 Å². The highest BCUT2D eigenvalue weighted by Crippen LogP contribution is 2.38. The van der Waals surface area contributed by atoms with E-state index in [1.807, 2.05) is 19.1 Å². The van der Waals surface area contributed by atoms with Gasteiger partial charge in [0, 0.05) is 0 Å². The summed E-state index contributed by atoms with van der Waals surface area (Å²) in [5, 5.41) is 0. The summed E-state index contributed by atoms with van der Waals surface area (Å²) in [5.74, 6) is 2.88. The van der Waals surface area contributed by atoms with Crippen molar-refractivity contribution in [3.8, 4) is 17.2 Å². The molecular weight excluding hydrogens is 224 g/mol. The summed E-state index contributed by atoms with van der Waals surface area (Å²) in [5.41, 5.74) is 1.08. The highest BCUT2D eigenvalue weighted by molar-refractivity contribution is 7.80. The topological polar surface area (TPSA) is 27.7 Å². The minimum absolute atomic E-state index is 0.610. The first-order chi connectivity index (χ1) is 7.72. The van der Waals surface area contributed by atoms with Crippen molar-refractivity contribution in [2.45, 2.75) is 13.3 Å². The van der Waals surface area contributed by atoms with Crippen molar-refractivity contribution < 1.29 is 14.2 Å². The van der Waals surface area contributed by atoms with E-state index in [-0.39, 0.29) is 0 Å². The van der Waals surface area contributed by atoms with Crippen LogP contribution in [-0.4, -0.2) is 26.6 Å². The normalized spacial score (nSPS) is 10.0. The fourth-order valence-corrected chi connectivity index (χ4v) is 1.52. The van der Waals surface area contributed by atoms with Crippen LogP contribution in [0.3, 0.4) is 0 Å². The standard InChI is InChI=1S/C12H18O3S/c1-9-7-10(13-2)12(11(8-9)14-3)15-5-4-6-16/h7-8,16H,4-6H2,1-3H3. The zero-order valence-electron chi connectivity index (χ0n) is 9.95. The van der Waals surface area contributed by atoms with Crippen LogP contribution in [0.15, 0.2) is 12.1 Å². The average Bonchev–Trinajstić information content (AvgIpc) is 2.30. The van der Waals surface area contributed by atoms with Gasteiger partial charge < -0.3 is 14.2 Å². The molecule has 0 spiro atoms. The molecule has 0 aliphatic rings. The third-order valence-corrected chi connectivity index (χ3v) is 2.47. The molecule has 1 aromatic rings. The van der Waals surface area contributed by atoms with Crippen LogP contribution >= 0.6 is 12.6 Å². The van der Waals surface area contributed by atoms with E-state index in [1.165, 1.54) is 0 Å². The summed E-state index contributed by atoms with van der Waals surface area (Å²) in [7, 11) is 3.25. The summed E-state index contributed by atoms with van der Waals surface area (Å²) >= 11 is 4.14. The molecule has 16 heavy (non-hydrogen) atoms. The molecule has 1 aromatic carbocycles. The third-order valence-electron chi connectivity index (χ3n) is 2.15. The summed E-state index contributed by atoms with van der Waals surface area (Å²) in [4.78, 5) is 0. The number of hydrogen-bond donors (Lipinski definition) is 1. The first-order valence-electron chi connectivity index (χ1n) is 5.19. The van der Waals surface area contributed by atoms with Crippen LogP contribution in [0.25, 0.3) is 0 Å². The molecule has 0 saturated carbocycles. The zero-order chi connectivity index (χ0) is 12.0. The quantitative estimate of drug-likeness (QED) is 0.614. The maximum atomic E-state index is 5.65. The van der Waals surface area contributed by atoms with Crippen molar-refractivity contribution in [3.05, 3.63) is 17.7 Å². The van der Waals surface area contributed by atoms with E-state index in [0.29, 0.717) is 23.9 Å². The number of hydrogen-bond acceptors (Lipinski definition) is 4. The van der Waals surface area contributed by atoms with Gasteiger partial charge in [0.2, 0.25) is 5.75 Å². The van der Waals surface area contributed by atoms with Crippen LogP contribution in [0.5, 0.6) is 17.2 Å². The number of rotatable bonds is 6. The first kappa shape index (κ1) is 13.0. The largest absolute Gasteiger partial charge is 0.493 e. The van der Waals surface area contributed by atoms with Gasteiger partial charge in [-0.25, -0.2) is 0 Å². The van der Waals surface area contributed by atoms with E-state index in [9.17, 15) is 0 Å². The average molecular weight is 242 g/mol. The molecule has 0 amide bonds. The van der Waals surface area contributed by atoms with Crippen molar-refractivity contribution in [1.82, 2.24) is 0 Å². The van der Waals surface area contributed by atoms with Crippen LogP contribution in [0.1, 0.15) is 12.0 Å². The molecule has 0 aliphatic carbocycles. The highest BCUT2D eigenvalue weighted by atomic mass is 32.1. The van der Waals surface area contributed by atoms with Crippen LogP contribution in [0.2, 0.25) is 0 Å². The van der Waals surface area contributed by atoms with Crippen molar-refractivity contribution in [2.24, 2.45) is 0 Å². The molecule has 0 fully saturated rings. The molecule has 0 radical (unpaired) electrons. The van der Waals surface area contributed by atoms with Crippen molar-refractivity contribution in [3.63, 3.8) is 0 Å². The van der Waals surface area contributed by atoms with Crippen LogP contribution in [-0.2, 0) is 0 Å². The lowest BCUT2D eigenvalue weighted by Crippen LogP contribution is -2.02. The van der Waals surface area contributed by atoms with E-state index in [4.69, 9.17) is 14.2 Å². The lowest BCUT2D eigenvalue weighted by Gasteiger charge is -2.14. The molecule has 0 heterocycles. The van der Waals surface area contributed by atoms with Gasteiger partial charge in [-0.2, -0.15) is 12.6 Å². The van der Waals surface area contributed by atoms with Crippen LogP contribution in [0, 0.1) is 6.92 Å². The number of benzene rings is 1. The number of methoxy groups -OCH3 is 2. The van der Waals surface area contributed by atoms with Gasteiger partial charge >= 0.3 is 0 Å². The van der Waals surface area contributed by atoms with Crippen LogP contribution < -0.4 is 14.2 Å². The van der Waals surface area contributed by atoms with Crippen molar-refractivity contribution in [1.29, 1.82) is 0 Å². The van der Waals surface area contributed by atoms with Crippen LogP contribution in [0.4, 0.5) is 0 Å². The van der Waals surface area contributed by atoms with Gasteiger partial charge in [0.15, 0.2) is 11.5 Å². The maximum absolute atomic E-state index is 5.65. The van der Waals surface area contributed by atoms with Gasteiger partial charge in [-0.15, -0.1) is 0 Å². The molecule has 0 N–H and O–H groups in total. The Morgan fingerprint density at radius 2 is 1.69 bits per heavy atom. The molecule has 0 saturated heterocycles. The van der Waals surface area contributed by atoms with E-state index in [1.54, 1.807) is 14.2 Å². The second-order valence-corrected chi connectivity index (χ2v) is 3.87. The van der Waals surface area contributed by atoms with Gasteiger partial charge in [0.1, 0.15) is 0 Å². The number of ether oxygens (including phenoxy) is 3. The summed E-state index contributed by atoms with van der Waals surface area (Å²) < 4.78 is 16.2. The van der Waals surface area contributed by atoms with E-state index >= 15 is 0 Å². The highest BCUT2D eigenvalue weighted by Gasteiger charge is 2.12. The van der Waals surface area contributed by atoms with Gasteiger partial charge in [-0.05, 0) is 36.8 Å². The monoisotopic (exact) mass is 242 g/mol. The molecule has 0 aliphatic heterocycles. The molecule has 4 heteroatoms. The Hall–Kier alpha value is -1.03. The minimum atomic E-state index is 0.610. The molecular formula is C12H18O3S. The molecule has 90 valence electrons. The number of aryl methyl sites for hydroxylation is 1. The van der Waals surface area contributed by atoms with E-state index in [0.717, 1.165) is 17.7 Å². The van der Waals surface area contributed by atoms with E-state index in [2.05, 4.69) is 12.6 Å². The first-order valence-corrected chi connectivity index (χ1v) is 5.82. The second kappa shape index (κ2) is 6.53. The fourth-order valence-electron chi connectivity index (χ4n) is 1.39. The van der Waals surface area contributed by atoms with Crippen molar-refractivity contribution >= 4 is 12.6 Å². The lowest BCUT2D eigenvalue weighted by atomic mass is 10.2. The Kier molecular flexibility index (Phi) is 5.32. The number of thiol groups is 1. The summed E-state index contributed by atoms with van der Waals surface area (Å²) in [6, 6.07) is 3.86. The molecule has 3 nitrogen and oxygen atoms in total. The molecule has 1 rings (SSSR count). The SMILES string of the molecule is COc1cc(C)cc(OC)c1OCCCS. The van der Waals surface area contributed by atoms with Gasteiger partial charge in [0.05, 0.1) is 20.8 Å². The molecule has 0 unspecified atom stereocenters. The third kappa shape index (κ3) is 3.23. The Morgan fingerprint density at radius 3 is 2.12 bits per heavy atom. The molecule has 0 bridgehead atoms. The Balaban J connectivity index is 2.93. The van der Waals surface area contributed by atoms with Gasteiger partial charge in [0.25, 0.3) is 0 Å². The zero-order valence-corrected chi connectivity index (χ0v) is 10.8. The molecule has 0 aromatic heterocycles. The Morgan fingerprint density at radius 1 is 1.12 bits per heavy atom. The fraction of sp³-hybridized carbons (Fsp3) is 0.500. The Bertz CT molecular complexity index is 314. The predicted molar refractivity (Wildman–Crippen MR) is 68.2 cm³/mol. The Labute approximate surface area is 102 Å². The lowest BCUT2D eigenvalue weighted by molar-refractivity contribution is 0.275. The van der Waals surface area contributed by atoms with Gasteiger partial charge in [-0.1, -0.05) is 0 Å². The summed E-state index contributed by atoms with van der Waals surface area (Å²) in [6.45, 7) is 2.60. The second-order valence-electron chi connectivity index (χ2n) is 3.42. The predicted octanol–water partition coefficient (Wildman–Crippen LogP) is 2.71. The minimum Gasteiger partial charge on any atom is -0.493 e. The smallest absolute Gasteiger partial charge is 0.203 e. The van der Waals surface area contributed by atoms with E-state index < -0.39 is 0 Å². The van der Waals surface area contributed by atoms with Crippen molar-refractivity contribution in [2.75, 3.05) is 26.6 Å².